The maximum Gasteiger partial charge on any atom is 0.410 e. The third-order valence-corrected chi connectivity index (χ3v) is 7.50. The van der Waals surface area contributed by atoms with Gasteiger partial charge in [0, 0.05) is 57.1 Å². The van der Waals surface area contributed by atoms with E-state index >= 15 is 0 Å². The molecule has 0 bridgehead atoms. The molecule has 0 radical (unpaired) electrons. The molecule has 9 heteroatoms. The summed E-state index contributed by atoms with van der Waals surface area (Å²) in [4.78, 5) is 23.6. The smallest absolute Gasteiger partial charge is 0.410 e. The van der Waals surface area contributed by atoms with Crippen molar-refractivity contribution in [2.45, 2.75) is 32.2 Å². The minimum Gasteiger partial charge on any atom is -0.450 e. The minimum atomic E-state index is -0.251. The Balaban J connectivity index is 1.12. The number of nitrogens with zero attached hydrogens (tertiary/aromatic N) is 6. The summed E-state index contributed by atoms with van der Waals surface area (Å²) in [5, 5.41) is 7.92. The van der Waals surface area contributed by atoms with Crippen molar-refractivity contribution in [3.05, 3.63) is 42.1 Å². The summed E-state index contributed by atoms with van der Waals surface area (Å²) in [7, 11) is 2.27. The van der Waals surface area contributed by atoms with E-state index < -0.39 is 0 Å². The lowest BCUT2D eigenvalue weighted by molar-refractivity contribution is 0.111. The highest BCUT2D eigenvalue weighted by molar-refractivity contribution is 5.78. The van der Waals surface area contributed by atoms with Crippen LogP contribution in [0.5, 0.6) is 0 Å². The molecule has 2 atom stereocenters. The van der Waals surface area contributed by atoms with Crippen LogP contribution in [0, 0.1) is 5.92 Å². The van der Waals surface area contributed by atoms with Crippen LogP contribution in [-0.2, 0) is 4.74 Å². The normalized spacial score (nSPS) is 23.3. The van der Waals surface area contributed by atoms with Crippen LogP contribution in [0.25, 0.3) is 11.2 Å². The average Bonchev–Trinajstić information content (AvgIpc) is 3.56. The van der Waals surface area contributed by atoms with E-state index in [1.54, 1.807) is 4.90 Å². The van der Waals surface area contributed by atoms with Crippen LogP contribution in [0.4, 0.5) is 10.7 Å². The molecule has 0 saturated carbocycles. The summed E-state index contributed by atoms with van der Waals surface area (Å²) in [5.41, 5.74) is 3.08. The van der Waals surface area contributed by atoms with Crippen molar-refractivity contribution in [3.63, 3.8) is 0 Å². The molecule has 2 aromatic heterocycles. The van der Waals surface area contributed by atoms with E-state index in [9.17, 15) is 4.79 Å². The molecule has 1 unspecified atom stereocenters. The van der Waals surface area contributed by atoms with Crippen LogP contribution in [-0.4, -0.2) is 101 Å². The predicted octanol–water partition coefficient (Wildman–Crippen LogP) is 2.97. The molecule has 3 aliphatic heterocycles. The van der Waals surface area contributed by atoms with Crippen LogP contribution in [0.2, 0.25) is 0 Å². The zero-order chi connectivity index (χ0) is 24.2. The van der Waals surface area contributed by atoms with Crippen LogP contribution in [0.15, 0.2) is 36.6 Å². The quantitative estimate of drug-likeness (QED) is 0.583. The van der Waals surface area contributed by atoms with Gasteiger partial charge in [-0.25, -0.2) is 9.31 Å². The largest absolute Gasteiger partial charge is 0.450 e. The number of carbonyl (C=O) groups is 1. The maximum absolute atomic E-state index is 12.0. The van der Waals surface area contributed by atoms with E-state index in [2.05, 4.69) is 51.6 Å². The molecular weight excluding hydrogens is 442 g/mol. The Kier molecular flexibility index (Phi) is 7.34. The second kappa shape index (κ2) is 10.8. The first-order valence-corrected chi connectivity index (χ1v) is 12.9. The third-order valence-electron chi connectivity index (χ3n) is 7.50. The molecule has 0 spiro atoms. The fourth-order valence-electron chi connectivity index (χ4n) is 5.58. The Labute approximate surface area is 207 Å². The maximum atomic E-state index is 12.0. The lowest BCUT2D eigenvalue weighted by Crippen LogP contribution is -2.35. The SMILES string of the molecule is CCOC(=O)N1CC=C(c2cccn3nc(NC/C=C\CCN4CC5[C@@H](CCN5C)C4)nc23)CC1. The molecule has 35 heavy (non-hydrogen) atoms. The number of pyridine rings is 1. The van der Waals surface area contributed by atoms with Gasteiger partial charge in [0.1, 0.15) is 0 Å². The van der Waals surface area contributed by atoms with Crippen LogP contribution in [0.1, 0.15) is 31.7 Å². The number of fused-ring (bicyclic) bond motifs is 2. The van der Waals surface area contributed by atoms with E-state index in [-0.39, 0.29) is 6.09 Å². The van der Waals surface area contributed by atoms with Crippen LogP contribution >= 0.6 is 0 Å². The van der Waals surface area contributed by atoms with Gasteiger partial charge < -0.3 is 24.8 Å². The molecule has 188 valence electrons. The highest BCUT2D eigenvalue weighted by Gasteiger charge is 2.38. The number of amides is 1. The van der Waals surface area contributed by atoms with Crippen LogP contribution < -0.4 is 5.32 Å². The zero-order valence-electron chi connectivity index (χ0n) is 20.9. The van der Waals surface area contributed by atoms with Gasteiger partial charge in [0.2, 0.25) is 5.95 Å². The number of likely N-dealkylation sites (tertiary alicyclic amines) is 2. The Morgan fingerprint density at radius 2 is 2.20 bits per heavy atom. The van der Waals surface area contributed by atoms with Crippen molar-refractivity contribution in [1.29, 1.82) is 0 Å². The fraction of sp³-hybridized carbons (Fsp3) is 0.577. The third kappa shape index (κ3) is 5.36. The summed E-state index contributed by atoms with van der Waals surface area (Å²) in [6.07, 6.45) is 11.4. The van der Waals surface area contributed by atoms with Crippen molar-refractivity contribution in [2.24, 2.45) is 5.92 Å². The molecule has 5 rings (SSSR count). The van der Waals surface area contributed by atoms with E-state index in [1.807, 2.05) is 23.7 Å². The van der Waals surface area contributed by atoms with Gasteiger partial charge in [0.25, 0.3) is 0 Å². The number of anilines is 1. The Morgan fingerprint density at radius 1 is 1.29 bits per heavy atom. The number of hydrogen-bond acceptors (Lipinski definition) is 7. The van der Waals surface area contributed by atoms with E-state index in [0.717, 1.165) is 42.6 Å². The lowest BCUT2D eigenvalue weighted by atomic mass is 10.0. The molecule has 1 N–H and O–H groups in total. The van der Waals surface area contributed by atoms with Gasteiger partial charge in [-0.3, -0.25) is 0 Å². The molecule has 5 heterocycles. The molecule has 0 aromatic carbocycles. The average molecular weight is 480 g/mol. The number of carbonyl (C=O) groups excluding carboxylic acids is 1. The highest BCUT2D eigenvalue weighted by atomic mass is 16.6. The van der Waals surface area contributed by atoms with Gasteiger partial charge in [-0.05, 0) is 63.4 Å². The summed E-state index contributed by atoms with van der Waals surface area (Å²) in [5.74, 6) is 1.50. The Morgan fingerprint density at radius 3 is 3.00 bits per heavy atom. The topological polar surface area (TPSA) is 78.2 Å². The van der Waals surface area contributed by atoms with Crippen LogP contribution in [0.3, 0.4) is 0 Å². The molecule has 2 fully saturated rings. The summed E-state index contributed by atoms with van der Waals surface area (Å²) < 4.78 is 6.94. The first kappa shape index (κ1) is 23.8. The van der Waals surface area contributed by atoms with Gasteiger partial charge in [-0.1, -0.05) is 18.2 Å². The summed E-state index contributed by atoms with van der Waals surface area (Å²) in [6, 6.07) is 4.83. The van der Waals surface area contributed by atoms with Crippen molar-refractivity contribution in [2.75, 3.05) is 64.8 Å². The predicted molar refractivity (Wildman–Crippen MR) is 137 cm³/mol. The van der Waals surface area contributed by atoms with Gasteiger partial charge in [-0.15, -0.1) is 5.10 Å². The molecule has 3 aliphatic rings. The van der Waals surface area contributed by atoms with E-state index in [4.69, 9.17) is 9.72 Å². The van der Waals surface area contributed by atoms with Gasteiger partial charge in [-0.2, -0.15) is 4.98 Å². The molecule has 9 nitrogen and oxygen atoms in total. The van der Waals surface area contributed by atoms with Crippen molar-refractivity contribution in [3.8, 4) is 0 Å². The van der Waals surface area contributed by atoms with Gasteiger partial charge in [0.05, 0.1) is 6.61 Å². The van der Waals surface area contributed by atoms with Crippen molar-refractivity contribution < 1.29 is 9.53 Å². The molecule has 0 aliphatic carbocycles. The molecule has 2 saturated heterocycles. The van der Waals surface area contributed by atoms with E-state index in [1.165, 1.54) is 31.6 Å². The first-order valence-electron chi connectivity index (χ1n) is 12.9. The molecular formula is C26H37N7O2. The second-order valence-corrected chi connectivity index (χ2v) is 9.75. The fourth-order valence-corrected chi connectivity index (χ4v) is 5.58. The number of nitrogens with one attached hydrogen (secondary N) is 1. The number of likely N-dealkylation sites (N-methyl/N-ethyl adjacent to an activating group) is 1. The zero-order valence-corrected chi connectivity index (χ0v) is 20.9. The van der Waals surface area contributed by atoms with Gasteiger partial charge >= 0.3 is 6.09 Å². The molecule has 2 aromatic rings. The number of aromatic nitrogens is 3. The number of ether oxygens (including phenoxy) is 1. The first-order chi connectivity index (χ1) is 17.1. The standard InChI is InChI=1S/C26H37N7O2/c1-3-35-26(34)32-16-10-20(11-17-32)22-8-7-14-33-24(22)28-25(29-33)27-12-5-4-6-13-31-18-21-9-15-30(2)23(21)19-31/h4-5,7-8,10,14,21,23H,3,6,9,11-13,15-19H2,1-2H3,(H,27,29)/b5-4-/t21-,23?/m0/s1. The number of hydrogen-bond donors (Lipinski definition) is 1. The molecule has 1 amide bonds. The Hall–Kier alpha value is -2.91. The Bertz CT molecular complexity index is 1090. The monoisotopic (exact) mass is 479 g/mol. The van der Waals surface area contributed by atoms with E-state index in [0.29, 0.717) is 32.2 Å². The van der Waals surface area contributed by atoms with Crippen molar-refractivity contribution in [1.82, 2.24) is 29.3 Å². The summed E-state index contributed by atoms with van der Waals surface area (Å²) >= 11 is 0. The minimum absolute atomic E-state index is 0.251. The lowest BCUT2D eigenvalue weighted by Gasteiger charge is -2.25. The van der Waals surface area contributed by atoms with Crippen molar-refractivity contribution >= 4 is 23.3 Å². The highest BCUT2D eigenvalue weighted by Crippen LogP contribution is 2.30. The number of rotatable bonds is 8. The van der Waals surface area contributed by atoms with Gasteiger partial charge in [0.15, 0.2) is 5.65 Å². The summed E-state index contributed by atoms with van der Waals surface area (Å²) in [6.45, 7) is 9.00. The second-order valence-electron chi connectivity index (χ2n) is 9.75.